The van der Waals surface area contributed by atoms with Crippen molar-refractivity contribution in [3.05, 3.63) is 58.1 Å². The minimum absolute atomic E-state index is 0.224. The van der Waals surface area contributed by atoms with Crippen LogP contribution in [0.25, 0.3) is 0 Å². The van der Waals surface area contributed by atoms with E-state index in [1.54, 1.807) is 0 Å². The molecule has 2 aromatic rings. The van der Waals surface area contributed by atoms with E-state index in [1.165, 1.54) is 22.3 Å². The van der Waals surface area contributed by atoms with E-state index in [9.17, 15) is 0 Å². The Morgan fingerprint density at radius 1 is 0.781 bits per heavy atom. The normalized spacial score (nSPS) is 29.4. The van der Waals surface area contributed by atoms with Crippen LogP contribution in [0, 0.1) is 6.92 Å². The zero-order chi connectivity index (χ0) is 21.9. The smallest absolute Gasteiger partial charge is 0.0851 e. The van der Waals surface area contributed by atoms with Crippen LogP contribution < -0.4 is 11.5 Å². The summed E-state index contributed by atoms with van der Waals surface area (Å²) in [6, 6.07) is 10.7. The number of epoxide rings is 4. The lowest BCUT2D eigenvalue weighted by molar-refractivity contribution is 0.298. The number of ether oxygens (including phenoxy) is 4. The summed E-state index contributed by atoms with van der Waals surface area (Å²) in [5.41, 5.74) is 20.6. The third-order valence-corrected chi connectivity index (χ3v) is 7.40. The number of nitrogen functional groups attached to an aromatic ring is 2. The highest BCUT2D eigenvalue weighted by molar-refractivity contribution is 5.63. The fourth-order valence-electron chi connectivity index (χ4n) is 5.31. The Labute approximate surface area is 189 Å². The van der Waals surface area contributed by atoms with Crippen molar-refractivity contribution >= 4 is 11.4 Å². The Kier molecular flexibility index (Phi) is 4.95. The van der Waals surface area contributed by atoms with Crippen molar-refractivity contribution in [2.45, 2.75) is 62.4 Å². The van der Waals surface area contributed by atoms with E-state index in [1.807, 2.05) is 12.1 Å². The monoisotopic (exact) mass is 436 g/mol. The van der Waals surface area contributed by atoms with Gasteiger partial charge in [0.2, 0.25) is 0 Å². The molecule has 6 nitrogen and oxygen atoms in total. The predicted molar refractivity (Wildman–Crippen MR) is 123 cm³/mol. The lowest BCUT2D eigenvalue weighted by atomic mass is 9.65. The second-order valence-corrected chi connectivity index (χ2v) is 9.95. The van der Waals surface area contributed by atoms with E-state index >= 15 is 0 Å². The van der Waals surface area contributed by atoms with Gasteiger partial charge < -0.3 is 30.4 Å². The Hall–Kier alpha value is -2.12. The van der Waals surface area contributed by atoms with Gasteiger partial charge in [-0.05, 0) is 59.7 Å². The number of aryl methyl sites for hydroxylation is 1. The van der Waals surface area contributed by atoms with Gasteiger partial charge in [-0.3, -0.25) is 0 Å². The quantitative estimate of drug-likeness (QED) is 0.439. The van der Waals surface area contributed by atoms with Crippen LogP contribution in [0.3, 0.4) is 0 Å². The standard InChI is InChI=1S/C26H32N2O4/c1-15-6-24(22(7-18-11-29-18)23(25(15)28)8-19-12-30-19)26(9-20-13-31-20,10-21-14-32-21)16-2-4-17(27)5-3-16/h2-6,18-21H,7-14,27-28H2,1H3. The number of benzene rings is 2. The van der Waals surface area contributed by atoms with E-state index in [0.717, 1.165) is 69.0 Å². The first-order valence-electron chi connectivity index (χ1n) is 11.8. The van der Waals surface area contributed by atoms with Gasteiger partial charge in [-0.25, -0.2) is 0 Å². The molecule has 0 saturated carbocycles. The lowest BCUT2D eigenvalue weighted by Crippen LogP contribution is -2.34. The average Bonchev–Trinajstić information content (AvgIpc) is 3.62. The summed E-state index contributed by atoms with van der Waals surface area (Å²) in [5.74, 6) is 0. The number of anilines is 2. The van der Waals surface area contributed by atoms with E-state index in [2.05, 4.69) is 25.1 Å². The third kappa shape index (κ3) is 4.13. The topological polar surface area (TPSA) is 102 Å². The zero-order valence-corrected chi connectivity index (χ0v) is 18.6. The first-order valence-corrected chi connectivity index (χ1v) is 11.8. The van der Waals surface area contributed by atoms with Crippen LogP contribution in [0.4, 0.5) is 11.4 Å². The third-order valence-electron chi connectivity index (χ3n) is 7.40. The molecule has 4 fully saturated rings. The molecule has 4 aliphatic heterocycles. The van der Waals surface area contributed by atoms with Gasteiger partial charge in [-0.15, -0.1) is 0 Å². The molecule has 4 saturated heterocycles. The number of hydrogen-bond donors (Lipinski definition) is 2. The summed E-state index contributed by atoms with van der Waals surface area (Å²) < 4.78 is 22.9. The van der Waals surface area contributed by atoms with Crippen molar-refractivity contribution in [3.8, 4) is 0 Å². The Balaban J connectivity index is 1.56. The SMILES string of the molecule is Cc1cc(C(CC2CO2)(CC2CO2)c2ccc(N)cc2)c(CC2CO2)c(CC2CO2)c1N. The van der Waals surface area contributed by atoms with Crippen LogP contribution in [-0.4, -0.2) is 50.8 Å². The van der Waals surface area contributed by atoms with Gasteiger partial charge >= 0.3 is 0 Å². The highest BCUT2D eigenvalue weighted by Gasteiger charge is 2.47. The molecule has 6 heteroatoms. The number of nitrogens with two attached hydrogens (primary N) is 2. The zero-order valence-electron chi connectivity index (χ0n) is 18.6. The second kappa shape index (κ2) is 7.73. The molecule has 0 aliphatic carbocycles. The van der Waals surface area contributed by atoms with Crippen molar-refractivity contribution in [1.29, 1.82) is 0 Å². The maximum absolute atomic E-state index is 6.69. The van der Waals surface area contributed by atoms with Crippen molar-refractivity contribution in [1.82, 2.24) is 0 Å². The molecular formula is C26H32N2O4. The van der Waals surface area contributed by atoms with Gasteiger partial charge in [0.1, 0.15) is 0 Å². The molecule has 0 spiro atoms. The lowest BCUT2D eigenvalue weighted by Gasteiger charge is -2.38. The highest BCUT2D eigenvalue weighted by atomic mass is 16.6. The van der Waals surface area contributed by atoms with E-state index in [4.69, 9.17) is 30.4 Å². The first-order chi connectivity index (χ1) is 15.5. The largest absolute Gasteiger partial charge is 0.399 e. The van der Waals surface area contributed by atoms with Crippen molar-refractivity contribution in [2.75, 3.05) is 37.9 Å². The molecule has 0 bridgehead atoms. The van der Waals surface area contributed by atoms with Crippen molar-refractivity contribution in [2.24, 2.45) is 0 Å². The Bertz CT molecular complexity index is 991. The summed E-state index contributed by atoms with van der Waals surface area (Å²) in [4.78, 5) is 0. The molecule has 4 aliphatic rings. The molecule has 32 heavy (non-hydrogen) atoms. The van der Waals surface area contributed by atoms with Gasteiger partial charge in [0.05, 0.1) is 50.8 Å². The summed E-state index contributed by atoms with van der Waals surface area (Å²) >= 11 is 0. The van der Waals surface area contributed by atoms with E-state index in [-0.39, 0.29) is 29.8 Å². The summed E-state index contributed by atoms with van der Waals surface area (Å²) in [7, 11) is 0. The van der Waals surface area contributed by atoms with Gasteiger partial charge in [0.15, 0.2) is 0 Å². The van der Waals surface area contributed by atoms with Crippen LogP contribution in [0.5, 0.6) is 0 Å². The molecule has 6 rings (SSSR count). The summed E-state index contributed by atoms with van der Waals surface area (Å²) in [6.45, 7) is 5.40. The Morgan fingerprint density at radius 2 is 1.28 bits per heavy atom. The van der Waals surface area contributed by atoms with Crippen LogP contribution in [-0.2, 0) is 37.2 Å². The molecule has 0 radical (unpaired) electrons. The predicted octanol–water partition coefficient (Wildman–Crippen LogP) is 2.91. The second-order valence-electron chi connectivity index (χ2n) is 9.95. The maximum atomic E-state index is 6.69. The minimum Gasteiger partial charge on any atom is -0.399 e. The molecule has 4 unspecified atom stereocenters. The molecule has 2 aromatic carbocycles. The van der Waals surface area contributed by atoms with E-state index < -0.39 is 0 Å². The highest BCUT2D eigenvalue weighted by Crippen LogP contribution is 2.49. The first kappa shape index (κ1) is 20.5. The average molecular weight is 437 g/mol. The number of rotatable bonds is 10. The molecule has 0 aromatic heterocycles. The van der Waals surface area contributed by atoms with Crippen molar-refractivity contribution < 1.29 is 18.9 Å². The number of hydrogen-bond acceptors (Lipinski definition) is 6. The van der Waals surface area contributed by atoms with Crippen LogP contribution in [0.15, 0.2) is 30.3 Å². The molecule has 170 valence electrons. The van der Waals surface area contributed by atoms with Crippen LogP contribution in [0.2, 0.25) is 0 Å². The molecule has 4 atom stereocenters. The molecular weight excluding hydrogens is 404 g/mol. The fraction of sp³-hybridized carbons (Fsp3) is 0.538. The van der Waals surface area contributed by atoms with Crippen molar-refractivity contribution in [3.63, 3.8) is 0 Å². The minimum atomic E-state index is -0.224. The van der Waals surface area contributed by atoms with E-state index in [0.29, 0.717) is 0 Å². The van der Waals surface area contributed by atoms with Gasteiger partial charge in [0, 0.05) is 29.6 Å². The van der Waals surface area contributed by atoms with Gasteiger partial charge in [0.25, 0.3) is 0 Å². The van der Waals surface area contributed by atoms with Crippen LogP contribution >= 0.6 is 0 Å². The Morgan fingerprint density at radius 3 is 1.78 bits per heavy atom. The fourth-order valence-corrected chi connectivity index (χ4v) is 5.31. The summed E-state index contributed by atoms with van der Waals surface area (Å²) in [6.07, 6.45) is 4.68. The summed E-state index contributed by atoms with van der Waals surface area (Å²) in [5, 5.41) is 0. The molecule has 0 amide bonds. The van der Waals surface area contributed by atoms with Gasteiger partial charge in [-0.1, -0.05) is 18.2 Å². The van der Waals surface area contributed by atoms with Gasteiger partial charge in [-0.2, -0.15) is 0 Å². The van der Waals surface area contributed by atoms with Crippen LogP contribution in [0.1, 0.15) is 40.7 Å². The molecule has 4 heterocycles. The maximum Gasteiger partial charge on any atom is 0.0851 e. The molecule has 4 N–H and O–H groups in total.